The highest BCUT2D eigenvalue weighted by molar-refractivity contribution is 5.84. The molecule has 2 atom stereocenters. The van der Waals surface area contributed by atoms with Crippen molar-refractivity contribution in [1.82, 2.24) is 4.98 Å². The van der Waals surface area contributed by atoms with Gasteiger partial charge in [-0.1, -0.05) is 18.2 Å². The second kappa shape index (κ2) is 4.30. The van der Waals surface area contributed by atoms with Gasteiger partial charge in [-0.05, 0) is 19.1 Å². The van der Waals surface area contributed by atoms with Gasteiger partial charge in [0.15, 0.2) is 5.75 Å². The molecule has 2 unspecified atom stereocenters. The molecule has 5 nitrogen and oxygen atoms in total. The molecule has 0 amide bonds. The number of ether oxygens (including phenoxy) is 2. The molecule has 0 saturated carbocycles. The Labute approximate surface area is 122 Å². The minimum atomic E-state index is -0.671. The zero-order chi connectivity index (χ0) is 14.4. The Morgan fingerprint density at radius 1 is 1.19 bits per heavy atom. The molecule has 0 bridgehead atoms. The van der Waals surface area contributed by atoms with E-state index in [9.17, 15) is 0 Å². The molecule has 21 heavy (non-hydrogen) atoms. The predicted molar refractivity (Wildman–Crippen MR) is 78.6 cm³/mol. The monoisotopic (exact) mass is 281 g/mol. The van der Waals surface area contributed by atoms with Gasteiger partial charge < -0.3 is 15.2 Å². The first-order chi connectivity index (χ1) is 10.2. The van der Waals surface area contributed by atoms with Gasteiger partial charge in [0.05, 0.1) is 12.3 Å². The van der Waals surface area contributed by atoms with Crippen LogP contribution in [-0.2, 0) is 10.3 Å². The molecule has 3 heterocycles. The van der Waals surface area contributed by atoms with Crippen molar-refractivity contribution in [3.05, 3.63) is 53.9 Å². The number of nitrogens with zero attached hydrogens (tertiary/aromatic N) is 2. The number of amidine groups is 1. The fraction of sp³-hybridized carbons (Fsp3) is 0.250. The summed E-state index contributed by atoms with van der Waals surface area (Å²) >= 11 is 0. The van der Waals surface area contributed by atoms with Gasteiger partial charge in [-0.3, -0.25) is 9.98 Å². The average Bonchev–Trinajstić information content (AvgIpc) is 2.51. The molecule has 2 aliphatic heterocycles. The third-order valence-corrected chi connectivity index (χ3v) is 4.10. The average molecular weight is 281 g/mol. The van der Waals surface area contributed by atoms with Crippen LogP contribution in [0.3, 0.4) is 0 Å². The summed E-state index contributed by atoms with van der Waals surface area (Å²) in [5.74, 6) is 1.96. The van der Waals surface area contributed by atoms with Crippen molar-refractivity contribution in [3.63, 3.8) is 0 Å². The second-order valence-corrected chi connectivity index (χ2v) is 5.29. The number of para-hydroxylation sites is 1. The summed E-state index contributed by atoms with van der Waals surface area (Å²) in [5.41, 5.74) is 7.22. The second-order valence-electron chi connectivity index (χ2n) is 5.29. The summed E-state index contributed by atoms with van der Waals surface area (Å²) in [6.45, 7) is 2.37. The molecule has 2 aromatic rings. The van der Waals surface area contributed by atoms with Crippen LogP contribution >= 0.6 is 0 Å². The molecule has 2 aliphatic rings. The lowest BCUT2D eigenvalue weighted by Gasteiger charge is -2.43. The first-order valence-electron chi connectivity index (χ1n) is 6.89. The summed E-state index contributed by atoms with van der Waals surface area (Å²) in [6, 6.07) is 9.78. The smallest absolute Gasteiger partial charge is 0.151 e. The third-order valence-electron chi connectivity index (χ3n) is 4.10. The van der Waals surface area contributed by atoms with Gasteiger partial charge in [0.2, 0.25) is 0 Å². The van der Waals surface area contributed by atoms with Gasteiger partial charge >= 0.3 is 0 Å². The maximum absolute atomic E-state index is 5.99. The Morgan fingerprint density at radius 2 is 2.00 bits per heavy atom. The Morgan fingerprint density at radius 3 is 2.90 bits per heavy atom. The van der Waals surface area contributed by atoms with Crippen LogP contribution in [0, 0.1) is 0 Å². The van der Waals surface area contributed by atoms with E-state index in [2.05, 4.69) is 4.98 Å². The fourth-order valence-electron chi connectivity index (χ4n) is 3.15. The topological polar surface area (TPSA) is 69.7 Å². The van der Waals surface area contributed by atoms with Crippen molar-refractivity contribution in [3.8, 4) is 11.5 Å². The molecule has 0 radical (unpaired) electrons. The van der Waals surface area contributed by atoms with E-state index in [4.69, 9.17) is 20.2 Å². The van der Waals surface area contributed by atoms with Crippen LogP contribution in [-0.4, -0.2) is 23.5 Å². The quantitative estimate of drug-likeness (QED) is 0.803. The molecule has 4 rings (SSSR count). The van der Waals surface area contributed by atoms with Crippen LogP contribution in [0.15, 0.2) is 47.7 Å². The minimum absolute atomic E-state index is 0.143. The number of nitrogens with two attached hydrogens (primary N) is 1. The van der Waals surface area contributed by atoms with Crippen molar-refractivity contribution >= 4 is 5.84 Å². The predicted octanol–water partition coefficient (Wildman–Crippen LogP) is 2.21. The Kier molecular flexibility index (Phi) is 2.53. The first kappa shape index (κ1) is 12.3. The Hall–Kier alpha value is -2.40. The summed E-state index contributed by atoms with van der Waals surface area (Å²) in [6.07, 6.45) is 3.31. The molecule has 106 valence electrons. The molecule has 0 aliphatic carbocycles. The van der Waals surface area contributed by atoms with Crippen LogP contribution in [0.1, 0.15) is 18.1 Å². The van der Waals surface area contributed by atoms with E-state index in [0.717, 1.165) is 16.9 Å². The molecule has 1 aromatic heterocycles. The number of pyridine rings is 1. The van der Waals surface area contributed by atoms with Gasteiger partial charge in [0, 0.05) is 17.3 Å². The van der Waals surface area contributed by atoms with Crippen molar-refractivity contribution in [2.75, 3.05) is 6.61 Å². The van der Waals surface area contributed by atoms with Crippen molar-refractivity contribution in [2.24, 2.45) is 10.7 Å². The normalized spacial score (nSPS) is 26.5. The third kappa shape index (κ3) is 1.61. The van der Waals surface area contributed by atoms with E-state index in [1.165, 1.54) is 0 Å². The highest BCUT2D eigenvalue weighted by atomic mass is 16.5. The van der Waals surface area contributed by atoms with Gasteiger partial charge in [-0.25, -0.2) is 0 Å². The number of fused-ring (bicyclic) bond motifs is 4. The maximum atomic E-state index is 5.99. The van der Waals surface area contributed by atoms with Crippen LogP contribution in [0.5, 0.6) is 11.5 Å². The Bertz CT molecular complexity index is 696. The SMILES string of the molecule is CC1OCC(N)=NC12c1ccccc1Oc1cnccc12. The molecule has 1 spiro atoms. The van der Waals surface area contributed by atoms with Gasteiger partial charge in [-0.2, -0.15) is 0 Å². The fourth-order valence-corrected chi connectivity index (χ4v) is 3.15. The Balaban J connectivity index is 2.08. The van der Waals surface area contributed by atoms with E-state index < -0.39 is 5.54 Å². The van der Waals surface area contributed by atoms with Crippen molar-refractivity contribution < 1.29 is 9.47 Å². The van der Waals surface area contributed by atoms with Crippen LogP contribution < -0.4 is 10.5 Å². The van der Waals surface area contributed by atoms with Gasteiger partial charge in [0.1, 0.15) is 23.7 Å². The molecular weight excluding hydrogens is 266 g/mol. The molecule has 5 heteroatoms. The lowest BCUT2D eigenvalue weighted by atomic mass is 9.76. The van der Waals surface area contributed by atoms with Crippen LogP contribution in [0.2, 0.25) is 0 Å². The summed E-state index contributed by atoms with van der Waals surface area (Å²) in [5, 5.41) is 0. The standard InChI is InChI=1S/C16H15N3O2/c1-10-16(19-15(17)9-20-10)11-4-2-3-5-13(11)21-14-8-18-7-6-12(14)16/h2-8,10H,9H2,1H3,(H2,17,19). The largest absolute Gasteiger partial charge is 0.455 e. The minimum Gasteiger partial charge on any atom is -0.455 e. The zero-order valence-electron chi connectivity index (χ0n) is 11.6. The summed E-state index contributed by atoms with van der Waals surface area (Å²) < 4.78 is 11.8. The number of aliphatic imine (C=N–C) groups is 1. The summed E-state index contributed by atoms with van der Waals surface area (Å²) in [7, 11) is 0. The highest BCUT2D eigenvalue weighted by Crippen LogP contribution is 2.51. The lowest BCUT2D eigenvalue weighted by Crippen LogP contribution is -2.47. The number of benzene rings is 1. The number of hydrogen-bond donors (Lipinski definition) is 1. The molecule has 2 N–H and O–H groups in total. The van der Waals surface area contributed by atoms with E-state index >= 15 is 0 Å². The lowest BCUT2D eigenvalue weighted by molar-refractivity contribution is 0.0311. The van der Waals surface area contributed by atoms with E-state index in [0.29, 0.717) is 18.2 Å². The van der Waals surface area contributed by atoms with Crippen LogP contribution in [0.4, 0.5) is 0 Å². The maximum Gasteiger partial charge on any atom is 0.151 e. The molecule has 0 fully saturated rings. The van der Waals surface area contributed by atoms with E-state index in [1.54, 1.807) is 12.4 Å². The molecular formula is C16H15N3O2. The number of rotatable bonds is 0. The number of hydrogen-bond acceptors (Lipinski definition) is 5. The zero-order valence-corrected chi connectivity index (χ0v) is 11.6. The van der Waals surface area contributed by atoms with Crippen LogP contribution in [0.25, 0.3) is 0 Å². The number of aromatic nitrogens is 1. The highest BCUT2D eigenvalue weighted by Gasteiger charge is 2.49. The summed E-state index contributed by atoms with van der Waals surface area (Å²) in [4.78, 5) is 8.95. The van der Waals surface area contributed by atoms with Gasteiger partial charge in [-0.15, -0.1) is 0 Å². The first-order valence-corrected chi connectivity index (χ1v) is 6.89. The molecule has 1 aromatic carbocycles. The van der Waals surface area contributed by atoms with Crippen molar-refractivity contribution in [1.29, 1.82) is 0 Å². The molecule has 0 saturated heterocycles. The van der Waals surface area contributed by atoms with Crippen molar-refractivity contribution in [2.45, 2.75) is 18.6 Å². The van der Waals surface area contributed by atoms with E-state index in [1.807, 2.05) is 37.3 Å². The van der Waals surface area contributed by atoms with Gasteiger partial charge in [0.25, 0.3) is 0 Å². The van der Waals surface area contributed by atoms with E-state index in [-0.39, 0.29) is 6.10 Å².